The largest absolute Gasteiger partial charge is 0.355 e. The lowest BCUT2D eigenvalue weighted by Crippen LogP contribution is -2.53. The first-order valence-electron chi connectivity index (χ1n) is 13.3. The number of amides is 2. The highest BCUT2D eigenvalue weighted by Gasteiger charge is 2.33. The van der Waals surface area contributed by atoms with Crippen LogP contribution < -0.4 is 9.62 Å². The number of rotatable bonds is 11. The Bertz CT molecular complexity index is 1570. The second-order valence-corrected chi connectivity index (χ2v) is 11.8. The van der Waals surface area contributed by atoms with Crippen molar-refractivity contribution in [1.82, 2.24) is 10.2 Å². The Morgan fingerprint density at radius 2 is 1.48 bits per heavy atom. The van der Waals surface area contributed by atoms with Gasteiger partial charge in [0.1, 0.15) is 12.6 Å². The fourth-order valence-corrected chi connectivity index (χ4v) is 5.62. The molecule has 4 aromatic carbocycles. The van der Waals surface area contributed by atoms with Gasteiger partial charge in [-0.25, -0.2) is 8.42 Å². The van der Waals surface area contributed by atoms with Crippen molar-refractivity contribution in [2.24, 2.45) is 0 Å². The molecule has 0 spiro atoms. The molecule has 4 rings (SSSR count). The number of likely N-dealkylation sites (N-methyl/N-ethyl adjacent to an activating group) is 1. The molecule has 0 aliphatic heterocycles. The second kappa shape index (κ2) is 12.8. The minimum atomic E-state index is -3.85. The molecular formula is C32H35N3O4S. The lowest BCUT2D eigenvalue weighted by Gasteiger charge is -2.33. The standard InChI is InChI=1S/C32H35N3O4S/c1-4-33-32(37)30(21-25-11-6-5-7-12-25)34(22-26-19-17-24(2)18-20-26)31(36)23-35(40(3,38)39)29-16-10-14-27-13-8-9-15-28(27)29/h5-20,30H,4,21-23H2,1-3H3,(H,33,37)/t30-/m0/s1. The van der Waals surface area contributed by atoms with E-state index in [9.17, 15) is 18.0 Å². The molecule has 0 saturated carbocycles. The maximum absolute atomic E-state index is 14.2. The fourth-order valence-electron chi connectivity index (χ4n) is 4.76. The Balaban J connectivity index is 1.77. The molecule has 2 amide bonds. The summed E-state index contributed by atoms with van der Waals surface area (Å²) in [5, 5.41) is 4.45. The van der Waals surface area contributed by atoms with E-state index in [1.54, 1.807) is 12.1 Å². The first kappa shape index (κ1) is 28.8. The van der Waals surface area contributed by atoms with Gasteiger partial charge in [-0.3, -0.25) is 13.9 Å². The van der Waals surface area contributed by atoms with Crippen LogP contribution in [0.2, 0.25) is 0 Å². The molecule has 40 heavy (non-hydrogen) atoms. The number of carbonyl (C=O) groups is 2. The summed E-state index contributed by atoms with van der Waals surface area (Å²) in [5.41, 5.74) is 3.24. The Morgan fingerprint density at radius 3 is 2.15 bits per heavy atom. The van der Waals surface area contributed by atoms with Crippen LogP contribution in [0.1, 0.15) is 23.6 Å². The van der Waals surface area contributed by atoms with Crippen LogP contribution in [0.15, 0.2) is 97.1 Å². The summed E-state index contributed by atoms with van der Waals surface area (Å²) in [6.45, 7) is 3.93. The quantitative estimate of drug-likeness (QED) is 0.290. The molecule has 0 aromatic heterocycles. The maximum Gasteiger partial charge on any atom is 0.244 e. The Kier molecular flexibility index (Phi) is 9.22. The van der Waals surface area contributed by atoms with E-state index < -0.39 is 28.5 Å². The molecule has 0 unspecified atom stereocenters. The van der Waals surface area contributed by atoms with Crippen molar-refractivity contribution >= 4 is 38.3 Å². The predicted octanol–water partition coefficient (Wildman–Crippen LogP) is 4.69. The zero-order valence-electron chi connectivity index (χ0n) is 23.1. The van der Waals surface area contributed by atoms with E-state index in [1.807, 2.05) is 98.8 Å². The van der Waals surface area contributed by atoms with Crippen molar-refractivity contribution in [2.45, 2.75) is 32.9 Å². The number of hydrogen-bond acceptors (Lipinski definition) is 4. The van der Waals surface area contributed by atoms with E-state index in [2.05, 4.69) is 5.32 Å². The number of hydrogen-bond donors (Lipinski definition) is 1. The predicted molar refractivity (Wildman–Crippen MR) is 160 cm³/mol. The molecule has 4 aromatic rings. The van der Waals surface area contributed by atoms with Crippen LogP contribution in [0, 0.1) is 6.92 Å². The number of sulfonamides is 1. The molecule has 0 fully saturated rings. The average Bonchev–Trinajstić information content (AvgIpc) is 2.94. The number of nitrogens with zero attached hydrogens (tertiary/aromatic N) is 2. The maximum atomic E-state index is 14.2. The smallest absolute Gasteiger partial charge is 0.244 e. The summed E-state index contributed by atoms with van der Waals surface area (Å²) in [6.07, 6.45) is 1.38. The number of nitrogens with one attached hydrogen (secondary N) is 1. The van der Waals surface area contributed by atoms with E-state index in [4.69, 9.17) is 0 Å². The molecule has 0 aliphatic carbocycles. The van der Waals surface area contributed by atoms with Crippen molar-refractivity contribution in [1.29, 1.82) is 0 Å². The second-order valence-electron chi connectivity index (χ2n) is 9.88. The van der Waals surface area contributed by atoms with Crippen LogP contribution in [0.4, 0.5) is 5.69 Å². The highest BCUT2D eigenvalue weighted by molar-refractivity contribution is 7.92. The van der Waals surface area contributed by atoms with Gasteiger partial charge in [0, 0.05) is 24.9 Å². The van der Waals surface area contributed by atoms with Gasteiger partial charge < -0.3 is 10.2 Å². The molecule has 8 heteroatoms. The topological polar surface area (TPSA) is 86.8 Å². The molecule has 0 heterocycles. The van der Waals surface area contributed by atoms with Gasteiger partial charge in [-0.15, -0.1) is 0 Å². The number of benzene rings is 4. The van der Waals surface area contributed by atoms with Crippen LogP contribution in [0.5, 0.6) is 0 Å². The van der Waals surface area contributed by atoms with Crippen molar-refractivity contribution in [3.05, 3.63) is 114 Å². The molecule has 7 nitrogen and oxygen atoms in total. The summed E-state index contributed by atoms with van der Waals surface area (Å²) in [4.78, 5) is 29.1. The minimum absolute atomic E-state index is 0.154. The van der Waals surface area contributed by atoms with Crippen molar-refractivity contribution in [2.75, 3.05) is 23.7 Å². The molecule has 208 valence electrons. The van der Waals surface area contributed by atoms with Gasteiger partial charge in [-0.05, 0) is 36.4 Å². The van der Waals surface area contributed by atoms with Gasteiger partial charge in [0.25, 0.3) is 0 Å². The normalized spacial score (nSPS) is 12.1. The fraction of sp³-hybridized carbons (Fsp3) is 0.250. The van der Waals surface area contributed by atoms with Crippen LogP contribution >= 0.6 is 0 Å². The van der Waals surface area contributed by atoms with Crippen LogP contribution in [-0.4, -0.2) is 50.5 Å². The molecule has 0 aliphatic rings. The van der Waals surface area contributed by atoms with Crippen molar-refractivity contribution in [3.8, 4) is 0 Å². The van der Waals surface area contributed by atoms with Crippen molar-refractivity contribution in [3.63, 3.8) is 0 Å². The zero-order valence-corrected chi connectivity index (χ0v) is 23.9. The summed E-state index contributed by atoms with van der Waals surface area (Å²) in [6, 6.07) is 29.2. The molecular weight excluding hydrogens is 522 g/mol. The summed E-state index contributed by atoms with van der Waals surface area (Å²) < 4.78 is 27.3. The highest BCUT2D eigenvalue weighted by Crippen LogP contribution is 2.29. The third kappa shape index (κ3) is 7.07. The first-order chi connectivity index (χ1) is 19.2. The van der Waals surface area contributed by atoms with Crippen LogP contribution in [0.25, 0.3) is 10.8 Å². The summed E-state index contributed by atoms with van der Waals surface area (Å²) in [7, 11) is -3.85. The van der Waals surface area contributed by atoms with E-state index in [1.165, 1.54) is 4.90 Å². The molecule has 1 N–H and O–H groups in total. The van der Waals surface area contributed by atoms with Gasteiger partial charge in [0.05, 0.1) is 11.9 Å². The van der Waals surface area contributed by atoms with Crippen molar-refractivity contribution < 1.29 is 18.0 Å². The molecule has 0 radical (unpaired) electrons. The van der Waals surface area contributed by atoms with Gasteiger partial charge in [0.2, 0.25) is 21.8 Å². The average molecular weight is 558 g/mol. The van der Waals surface area contributed by atoms with Gasteiger partial charge in [-0.2, -0.15) is 0 Å². The van der Waals surface area contributed by atoms with E-state index in [0.717, 1.165) is 38.0 Å². The number of fused-ring (bicyclic) bond motifs is 1. The third-order valence-electron chi connectivity index (χ3n) is 6.81. The monoisotopic (exact) mass is 557 g/mol. The number of carbonyl (C=O) groups excluding carboxylic acids is 2. The van der Waals surface area contributed by atoms with Crippen LogP contribution in [0.3, 0.4) is 0 Å². The Morgan fingerprint density at radius 1 is 0.825 bits per heavy atom. The summed E-state index contributed by atoms with van der Waals surface area (Å²) in [5.74, 6) is -0.756. The van der Waals surface area contributed by atoms with Crippen LogP contribution in [-0.2, 0) is 32.6 Å². The van der Waals surface area contributed by atoms with E-state index in [-0.39, 0.29) is 18.9 Å². The van der Waals surface area contributed by atoms with E-state index >= 15 is 0 Å². The number of aryl methyl sites for hydroxylation is 1. The highest BCUT2D eigenvalue weighted by atomic mass is 32.2. The lowest BCUT2D eigenvalue weighted by atomic mass is 10.0. The molecule has 0 bridgehead atoms. The molecule has 1 atom stereocenters. The van der Waals surface area contributed by atoms with E-state index in [0.29, 0.717) is 12.2 Å². The number of anilines is 1. The minimum Gasteiger partial charge on any atom is -0.355 e. The lowest BCUT2D eigenvalue weighted by molar-refractivity contribution is -0.140. The first-order valence-corrected chi connectivity index (χ1v) is 15.1. The third-order valence-corrected chi connectivity index (χ3v) is 7.94. The Labute approximate surface area is 236 Å². The molecule has 0 saturated heterocycles. The van der Waals surface area contributed by atoms with Gasteiger partial charge in [-0.1, -0.05) is 96.6 Å². The summed E-state index contributed by atoms with van der Waals surface area (Å²) >= 11 is 0. The Hall–Kier alpha value is -4.17. The SMILES string of the molecule is CCNC(=O)[C@H](Cc1ccccc1)N(Cc1ccc(C)cc1)C(=O)CN(c1cccc2ccccc12)S(C)(=O)=O. The van der Waals surface area contributed by atoms with Gasteiger partial charge >= 0.3 is 0 Å². The van der Waals surface area contributed by atoms with Gasteiger partial charge in [0.15, 0.2) is 0 Å². The zero-order chi connectivity index (χ0) is 28.7.